The SMILES string of the molecule is c1ccc(-c2nc(-c3ccccc3)nc(-c3cc(-c4ccc5c6ccccc6c6ccccc6c5c4)cc(-c4ccnc5c4sc4ccccc45)c3)n2)cc1. The Labute approximate surface area is 321 Å². The summed E-state index contributed by atoms with van der Waals surface area (Å²) in [5, 5.41) is 8.67. The van der Waals surface area contributed by atoms with Crippen LogP contribution in [0.15, 0.2) is 182 Å². The highest BCUT2D eigenvalue weighted by atomic mass is 32.1. The molecule has 0 spiro atoms. The molecule has 3 heterocycles. The Morgan fingerprint density at radius 3 is 1.45 bits per heavy atom. The van der Waals surface area contributed by atoms with Crippen molar-refractivity contribution in [3.8, 4) is 56.4 Å². The first-order valence-corrected chi connectivity index (χ1v) is 19.2. The third-order valence-electron chi connectivity index (χ3n) is 10.5. The van der Waals surface area contributed by atoms with Crippen molar-refractivity contribution in [2.45, 2.75) is 0 Å². The van der Waals surface area contributed by atoms with E-state index in [1.807, 2.05) is 66.9 Å². The first-order chi connectivity index (χ1) is 27.2. The van der Waals surface area contributed by atoms with E-state index in [9.17, 15) is 0 Å². The van der Waals surface area contributed by atoms with Gasteiger partial charge in [0.25, 0.3) is 0 Å². The number of hydrogen-bond donors (Lipinski definition) is 0. The van der Waals surface area contributed by atoms with E-state index in [-0.39, 0.29) is 0 Å². The molecule has 0 aliphatic heterocycles. The summed E-state index contributed by atoms with van der Waals surface area (Å²) in [6, 6.07) is 62.1. The van der Waals surface area contributed by atoms with Crippen LogP contribution in [0.25, 0.3) is 109 Å². The molecular formula is C50H30N4S. The van der Waals surface area contributed by atoms with Crippen LogP contribution in [-0.4, -0.2) is 19.9 Å². The number of fused-ring (bicyclic) bond motifs is 9. The van der Waals surface area contributed by atoms with Gasteiger partial charge in [-0.05, 0) is 85.4 Å². The standard InChI is InChI=1S/C50H30N4S/c1-3-13-31(14-4-1)48-52-49(32-15-5-2-6-16-32)54-50(53-48)36-28-34(27-35(29-36)37-25-26-51-46-43-21-11-12-22-45(43)55-47(37)46)33-23-24-42-40-19-8-7-17-38(40)39-18-9-10-20-41(39)44(42)30-33/h1-30H. The molecule has 5 heteroatoms. The van der Waals surface area contributed by atoms with Crippen molar-refractivity contribution in [1.82, 2.24) is 19.9 Å². The minimum Gasteiger partial charge on any atom is -0.255 e. The maximum atomic E-state index is 5.16. The van der Waals surface area contributed by atoms with Gasteiger partial charge in [-0.25, -0.2) is 15.0 Å². The summed E-state index contributed by atoms with van der Waals surface area (Å²) in [6.45, 7) is 0. The Hall–Kier alpha value is -7.08. The Morgan fingerprint density at radius 1 is 0.327 bits per heavy atom. The van der Waals surface area contributed by atoms with Crippen LogP contribution < -0.4 is 0 Å². The zero-order chi connectivity index (χ0) is 36.3. The van der Waals surface area contributed by atoms with Crippen LogP contribution in [0.5, 0.6) is 0 Å². The molecule has 0 unspecified atom stereocenters. The fourth-order valence-electron chi connectivity index (χ4n) is 7.94. The monoisotopic (exact) mass is 718 g/mol. The summed E-state index contributed by atoms with van der Waals surface area (Å²) >= 11 is 1.79. The van der Waals surface area contributed by atoms with Gasteiger partial charge in [0.2, 0.25) is 0 Å². The largest absolute Gasteiger partial charge is 0.255 e. The highest BCUT2D eigenvalue weighted by Gasteiger charge is 2.18. The fourth-order valence-corrected chi connectivity index (χ4v) is 9.13. The smallest absolute Gasteiger partial charge is 0.164 e. The van der Waals surface area contributed by atoms with Gasteiger partial charge in [0, 0.05) is 38.5 Å². The normalized spacial score (nSPS) is 11.6. The summed E-state index contributed by atoms with van der Waals surface area (Å²) in [5.41, 5.74) is 8.23. The van der Waals surface area contributed by atoms with Crippen molar-refractivity contribution in [3.05, 3.63) is 182 Å². The van der Waals surface area contributed by atoms with Gasteiger partial charge in [0.1, 0.15) is 0 Å². The molecule has 3 aromatic heterocycles. The molecule has 256 valence electrons. The van der Waals surface area contributed by atoms with Crippen molar-refractivity contribution in [3.63, 3.8) is 0 Å². The maximum absolute atomic E-state index is 5.16. The van der Waals surface area contributed by atoms with Gasteiger partial charge in [-0.3, -0.25) is 4.98 Å². The lowest BCUT2D eigenvalue weighted by molar-refractivity contribution is 1.07. The summed E-state index contributed by atoms with van der Waals surface area (Å²) < 4.78 is 2.38. The van der Waals surface area contributed by atoms with Gasteiger partial charge in [0.05, 0.1) is 10.2 Å². The molecule has 8 aromatic carbocycles. The van der Waals surface area contributed by atoms with E-state index in [4.69, 9.17) is 19.9 Å². The van der Waals surface area contributed by atoms with Crippen LogP contribution >= 0.6 is 11.3 Å². The molecule has 0 fully saturated rings. The van der Waals surface area contributed by atoms with Crippen LogP contribution in [0, 0.1) is 0 Å². The molecule has 4 nitrogen and oxygen atoms in total. The predicted octanol–water partition coefficient (Wildman–Crippen LogP) is 13.4. The molecule has 0 saturated carbocycles. The Balaban J connectivity index is 1.19. The summed E-state index contributed by atoms with van der Waals surface area (Å²) in [7, 11) is 0. The molecule has 0 N–H and O–H groups in total. The molecule has 0 aliphatic carbocycles. The zero-order valence-electron chi connectivity index (χ0n) is 29.5. The summed E-state index contributed by atoms with van der Waals surface area (Å²) in [6.07, 6.45) is 1.93. The second-order valence-electron chi connectivity index (χ2n) is 13.8. The van der Waals surface area contributed by atoms with Gasteiger partial charge < -0.3 is 0 Å². The lowest BCUT2D eigenvalue weighted by Gasteiger charge is -2.14. The third kappa shape index (κ3) is 5.36. The van der Waals surface area contributed by atoms with E-state index >= 15 is 0 Å². The van der Waals surface area contributed by atoms with Gasteiger partial charge in [0.15, 0.2) is 17.5 Å². The molecule has 0 saturated heterocycles. The average Bonchev–Trinajstić information content (AvgIpc) is 3.66. The van der Waals surface area contributed by atoms with Crippen molar-refractivity contribution < 1.29 is 0 Å². The first-order valence-electron chi connectivity index (χ1n) is 18.4. The number of rotatable bonds is 5. The Kier molecular flexibility index (Phi) is 7.32. The van der Waals surface area contributed by atoms with E-state index in [2.05, 4.69) is 115 Å². The highest BCUT2D eigenvalue weighted by Crippen LogP contribution is 2.42. The second kappa shape index (κ2) is 12.8. The lowest BCUT2D eigenvalue weighted by atomic mass is 9.90. The minimum absolute atomic E-state index is 0.620. The third-order valence-corrected chi connectivity index (χ3v) is 11.7. The van der Waals surface area contributed by atoms with Crippen LogP contribution in [0.4, 0.5) is 0 Å². The topological polar surface area (TPSA) is 51.6 Å². The van der Waals surface area contributed by atoms with Gasteiger partial charge in [-0.2, -0.15) is 0 Å². The van der Waals surface area contributed by atoms with Crippen LogP contribution in [-0.2, 0) is 0 Å². The number of thiophene rings is 1. The summed E-state index contributed by atoms with van der Waals surface area (Å²) in [5.74, 6) is 1.89. The van der Waals surface area contributed by atoms with Crippen LogP contribution in [0.1, 0.15) is 0 Å². The minimum atomic E-state index is 0.620. The van der Waals surface area contributed by atoms with Gasteiger partial charge >= 0.3 is 0 Å². The number of pyridine rings is 1. The van der Waals surface area contributed by atoms with E-state index < -0.39 is 0 Å². The van der Waals surface area contributed by atoms with E-state index in [0.717, 1.165) is 49.2 Å². The van der Waals surface area contributed by atoms with E-state index in [0.29, 0.717) is 17.5 Å². The lowest BCUT2D eigenvalue weighted by Crippen LogP contribution is -2.00. The number of hydrogen-bond acceptors (Lipinski definition) is 5. The highest BCUT2D eigenvalue weighted by molar-refractivity contribution is 7.26. The van der Waals surface area contributed by atoms with Crippen molar-refractivity contribution >= 4 is 64.0 Å². The van der Waals surface area contributed by atoms with Crippen LogP contribution in [0.3, 0.4) is 0 Å². The van der Waals surface area contributed by atoms with Crippen LogP contribution in [0.2, 0.25) is 0 Å². The first kappa shape index (κ1) is 31.4. The van der Waals surface area contributed by atoms with Crippen molar-refractivity contribution in [2.75, 3.05) is 0 Å². The van der Waals surface area contributed by atoms with Gasteiger partial charge in [-0.1, -0.05) is 140 Å². The molecule has 0 amide bonds. The van der Waals surface area contributed by atoms with Crippen molar-refractivity contribution in [1.29, 1.82) is 0 Å². The fraction of sp³-hybridized carbons (Fsp3) is 0. The van der Waals surface area contributed by atoms with Crippen molar-refractivity contribution in [2.24, 2.45) is 0 Å². The molecule has 0 radical (unpaired) electrons. The molecule has 55 heavy (non-hydrogen) atoms. The molecule has 0 atom stereocenters. The van der Waals surface area contributed by atoms with E-state index in [1.54, 1.807) is 11.3 Å². The second-order valence-corrected chi connectivity index (χ2v) is 14.9. The number of benzene rings is 8. The Bertz CT molecular complexity index is 3170. The predicted molar refractivity (Wildman–Crippen MR) is 230 cm³/mol. The Morgan fingerprint density at radius 2 is 0.818 bits per heavy atom. The quantitative estimate of drug-likeness (QED) is 0.166. The van der Waals surface area contributed by atoms with E-state index in [1.165, 1.54) is 42.4 Å². The molecule has 11 rings (SSSR count). The maximum Gasteiger partial charge on any atom is 0.164 e. The number of aromatic nitrogens is 4. The molecule has 11 aromatic rings. The number of nitrogens with zero attached hydrogens (tertiary/aromatic N) is 4. The summed E-state index contributed by atoms with van der Waals surface area (Å²) in [4.78, 5) is 20.2. The molecule has 0 aliphatic rings. The average molecular weight is 719 g/mol. The molecular weight excluding hydrogens is 689 g/mol. The van der Waals surface area contributed by atoms with Gasteiger partial charge in [-0.15, -0.1) is 11.3 Å². The molecule has 0 bridgehead atoms. The zero-order valence-corrected chi connectivity index (χ0v) is 30.3.